The average molecular weight is 377 g/mol. The molecule has 1 aromatic carbocycles. The maximum absolute atomic E-state index is 5.87. The van der Waals surface area contributed by atoms with Crippen molar-refractivity contribution in [1.82, 2.24) is 14.3 Å². The summed E-state index contributed by atoms with van der Waals surface area (Å²) >= 11 is 1.73. The molecular formula is C19H25ClN4S. The van der Waals surface area contributed by atoms with Crippen LogP contribution in [0.2, 0.25) is 0 Å². The maximum Gasteiger partial charge on any atom is 0.194 e. The maximum atomic E-state index is 5.87. The van der Waals surface area contributed by atoms with E-state index >= 15 is 0 Å². The molecule has 0 atom stereocenters. The third-order valence-electron chi connectivity index (χ3n) is 4.73. The van der Waals surface area contributed by atoms with Gasteiger partial charge in [0.15, 0.2) is 4.96 Å². The van der Waals surface area contributed by atoms with Crippen molar-refractivity contribution in [3.63, 3.8) is 0 Å². The van der Waals surface area contributed by atoms with Crippen LogP contribution in [0.4, 0.5) is 0 Å². The number of benzene rings is 1. The molecular weight excluding hydrogens is 352 g/mol. The number of hydrogen-bond acceptors (Lipinski definition) is 4. The molecule has 0 aliphatic heterocycles. The number of nitrogens with two attached hydrogens (primary N) is 1. The number of imidazole rings is 1. The second kappa shape index (κ2) is 8.32. The quantitative estimate of drug-likeness (QED) is 0.652. The second-order valence-electron chi connectivity index (χ2n) is 6.57. The first kappa shape index (κ1) is 18.4. The predicted octanol–water partition coefficient (Wildman–Crippen LogP) is 3.70. The summed E-state index contributed by atoms with van der Waals surface area (Å²) in [5.74, 6) is 0.681. The van der Waals surface area contributed by atoms with Crippen LogP contribution in [0.25, 0.3) is 4.96 Å². The minimum Gasteiger partial charge on any atom is -0.329 e. The number of aromatic nitrogens is 2. The van der Waals surface area contributed by atoms with E-state index in [1.165, 1.54) is 29.8 Å². The lowest BCUT2D eigenvalue weighted by Gasteiger charge is -2.22. The average Bonchev–Trinajstić information content (AvgIpc) is 3.25. The fourth-order valence-electron chi connectivity index (χ4n) is 3.29. The van der Waals surface area contributed by atoms with Crippen LogP contribution in [0.3, 0.4) is 0 Å². The van der Waals surface area contributed by atoms with E-state index in [1.807, 2.05) is 0 Å². The van der Waals surface area contributed by atoms with Crippen molar-refractivity contribution in [2.75, 3.05) is 19.6 Å². The van der Waals surface area contributed by atoms with E-state index in [9.17, 15) is 0 Å². The molecule has 6 heteroatoms. The molecule has 2 N–H and O–H groups in total. The molecule has 4 nitrogen and oxygen atoms in total. The van der Waals surface area contributed by atoms with Gasteiger partial charge in [0.05, 0.1) is 11.4 Å². The van der Waals surface area contributed by atoms with Gasteiger partial charge in [-0.2, -0.15) is 0 Å². The highest BCUT2D eigenvalue weighted by atomic mass is 35.5. The largest absolute Gasteiger partial charge is 0.329 e. The van der Waals surface area contributed by atoms with Gasteiger partial charge >= 0.3 is 0 Å². The zero-order valence-electron chi connectivity index (χ0n) is 14.3. The molecule has 2 heterocycles. The van der Waals surface area contributed by atoms with Crippen LogP contribution < -0.4 is 5.73 Å². The molecule has 4 rings (SSSR count). The van der Waals surface area contributed by atoms with Crippen molar-refractivity contribution in [3.8, 4) is 0 Å². The number of rotatable bonds is 8. The van der Waals surface area contributed by atoms with E-state index in [1.54, 1.807) is 11.3 Å². The topological polar surface area (TPSA) is 46.6 Å². The van der Waals surface area contributed by atoms with Crippen LogP contribution in [-0.2, 0) is 13.0 Å². The van der Waals surface area contributed by atoms with Gasteiger partial charge < -0.3 is 5.73 Å². The van der Waals surface area contributed by atoms with Gasteiger partial charge in [-0.05, 0) is 24.8 Å². The molecule has 0 radical (unpaired) electrons. The Bertz CT molecular complexity index is 794. The molecule has 1 aliphatic rings. The second-order valence-corrected chi connectivity index (χ2v) is 7.45. The van der Waals surface area contributed by atoms with Gasteiger partial charge in [0.25, 0.3) is 0 Å². The van der Waals surface area contributed by atoms with Crippen molar-refractivity contribution in [1.29, 1.82) is 0 Å². The van der Waals surface area contributed by atoms with Crippen LogP contribution in [0, 0.1) is 0 Å². The number of thiazole rings is 1. The van der Waals surface area contributed by atoms with Crippen molar-refractivity contribution < 1.29 is 0 Å². The lowest BCUT2D eigenvalue weighted by Crippen LogP contribution is -2.31. The van der Waals surface area contributed by atoms with E-state index in [0.717, 1.165) is 31.0 Å². The van der Waals surface area contributed by atoms with E-state index in [0.29, 0.717) is 12.5 Å². The SMILES string of the molecule is Cl.NCCN(CCc1ccccc1)Cc1c(C2CC2)nc2sccn12. The third-order valence-corrected chi connectivity index (χ3v) is 5.49. The highest BCUT2D eigenvalue weighted by molar-refractivity contribution is 7.15. The van der Waals surface area contributed by atoms with Gasteiger partial charge in [-0.25, -0.2) is 4.98 Å². The lowest BCUT2D eigenvalue weighted by molar-refractivity contribution is 0.271. The summed E-state index contributed by atoms with van der Waals surface area (Å²) in [4.78, 5) is 8.49. The Morgan fingerprint density at radius 3 is 2.72 bits per heavy atom. The molecule has 1 aliphatic carbocycles. The first-order chi connectivity index (χ1) is 11.8. The van der Waals surface area contributed by atoms with Crippen molar-refractivity contribution in [2.24, 2.45) is 5.73 Å². The van der Waals surface area contributed by atoms with Gasteiger partial charge in [-0.3, -0.25) is 9.30 Å². The van der Waals surface area contributed by atoms with Crippen molar-refractivity contribution in [2.45, 2.75) is 31.7 Å². The Morgan fingerprint density at radius 1 is 1.20 bits per heavy atom. The van der Waals surface area contributed by atoms with Gasteiger partial charge in [-0.1, -0.05) is 30.3 Å². The first-order valence-electron chi connectivity index (χ1n) is 8.76. The van der Waals surface area contributed by atoms with Crippen molar-refractivity contribution in [3.05, 3.63) is 58.9 Å². The van der Waals surface area contributed by atoms with E-state index in [4.69, 9.17) is 10.7 Å². The zero-order chi connectivity index (χ0) is 16.4. The minimum absolute atomic E-state index is 0. The summed E-state index contributed by atoms with van der Waals surface area (Å²) in [5, 5.41) is 2.12. The molecule has 0 spiro atoms. The molecule has 0 unspecified atom stereocenters. The minimum atomic E-state index is 0. The Hall–Kier alpha value is -1.40. The molecule has 2 aromatic heterocycles. The van der Waals surface area contributed by atoms with Gasteiger partial charge in [0.2, 0.25) is 0 Å². The van der Waals surface area contributed by atoms with E-state index in [2.05, 4.69) is 51.2 Å². The predicted molar refractivity (Wildman–Crippen MR) is 107 cm³/mol. The Morgan fingerprint density at radius 2 is 2.00 bits per heavy atom. The molecule has 0 bridgehead atoms. The molecule has 3 aromatic rings. The highest BCUT2D eigenvalue weighted by Crippen LogP contribution is 2.42. The van der Waals surface area contributed by atoms with Crippen LogP contribution >= 0.6 is 23.7 Å². The molecule has 0 amide bonds. The number of hydrogen-bond donors (Lipinski definition) is 1. The van der Waals surface area contributed by atoms with Gasteiger partial charge in [0.1, 0.15) is 0 Å². The summed E-state index contributed by atoms with van der Waals surface area (Å²) in [6.45, 7) is 3.59. The Kier molecular flexibility index (Phi) is 6.12. The van der Waals surface area contributed by atoms with E-state index < -0.39 is 0 Å². The van der Waals surface area contributed by atoms with Crippen LogP contribution in [0.1, 0.15) is 35.7 Å². The lowest BCUT2D eigenvalue weighted by atomic mass is 10.1. The van der Waals surface area contributed by atoms with Gasteiger partial charge in [0, 0.05) is 43.7 Å². The smallest absolute Gasteiger partial charge is 0.194 e. The van der Waals surface area contributed by atoms with Gasteiger partial charge in [-0.15, -0.1) is 23.7 Å². The third kappa shape index (κ3) is 4.23. The zero-order valence-corrected chi connectivity index (χ0v) is 15.9. The Balaban J connectivity index is 0.00000182. The summed E-state index contributed by atoms with van der Waals surface area (Å²) in [6, 6.07) is 10.7. The standard InChI is InChI=1S/C19H24N4S.ClH/c20-9-11-22(10-8-15-4-2-1-3-5-15)14-17-18(16-6-7-16)21-19-23(17)12-13-24-19;/h1-5,12-13,16H,6-11,14,20H2;1H. The van der Waals surface area contributed by atoms with Crippen LogP contribution in [0.15, 0.2) is 41.9 Å². The summed E-state index contributed by atoms with van der Waals surface area (Å²) < 4.78 is 2.28. The fraction of sp³-hybridized carbons (Fsp3) is 0.421. The molecule has 134 valence electrons. The summed E-state index contributed by atoms with van der Waals surface area (Å²) in [5.41, 5.74) is 9.95. The van der Waals surface area contributed by atoms with Crippen molar-refractivity contribution >= 4 is 28.7 Å². The summed E-state index contributed by atoms with van der Waals surface area (Å²) in [6.07, 6.45) is 5.80. The van der Waals surface area contributed by atoms with Crippen LogP contribution in [0.5, 0.6) is 0 Å². The summed E-state index contributed by atoms with van der Waals surface area (Å²) in [7, 11) is 0. The normalized spacial score (nSPS) is 14.2. The van der Waals surface area contributed by atoms with E-state index in [-0.39, 0.29) is 12.4 Å². The molecule has 25 heavy (non-hydrogen) atoms. The Labute approximate surface area is 159 Å². The molecule has 0 saturated heterocycles. The molecule has 1 fully saturated rings. The molecule has 1 saturated carbocycles. The first-order valence-corrected chi connectivity index (χ1v) is 9.64. The monoisotopic (exact) mass is 376 g/mol. The highest BCUT2D eigenvalue weighted by Gasteiger charge is 2.30. The number of halogens is 1. The fourth-order valence-corrected chi connectivity index (χ4v) is 4.03. The number of nitrogens with zero attached hydrogens (tertiary/aromatic N) is 3. The van der Waals surface area contributed by atoms with Crippen LogP contribution in [-0.4, -0.2) is 33.9 Å². The number of fused-ring (bicyclic) bond motifs is 1.